The molecule has 1 aromatic carbocycles. The molecule has 0 saturated carbocycles. The van der Waals surface area contributed by atoms with E-state index in [0.717, 1.165) is 5.56 Å². The first-order chi connectivity index (χ1) is 11.9. The van der Waals surface area contributed by atoms with E-state index in [0.29, 0.717) is 28.9 Å². The molecule has 2 rings (SSSR count). The first-order valence-electron chi connectivity index (χ1n) is 8.24. The van der Waals surface area contributed by atoms with Gasteiger partial charge in [-0.3, -0.25) is 4.79 Å². The van der Waals surface area contributed by atoms with Gasteiger partial charge in [0.15, 0.2) is 16.6 Å². The van der Waals surface area contributed by atoms with E-state index < -0.39 is 5.92 Å². The minimum Gasteiger partial charge on any atom is -0.493 e. The van der Waals surface area contributed by atoms with Crippen LogP contribution in [0.25, 0.3) is 0 Å². The van der Waals surface area contributed by atoms with Crippen LogP contribution in [0.1, 0.15) is 39.3 Å². The molecule has 0 aromatic heterocycles. The number of carbonyl (C=O) groups is 1. The van der Waals surface area contributed by atoms with Crippen LogP contribution in [0.5, 0.6) is 11.5 Å². The summed E-state index contributed by atoms with van der Waals surface area (Å²) in [6.07, 6.45) is 0.0294. The number of esters is 1. The summed E-state index contributed by atoms with van der Waals surface area (Å²) >= 11 is 5.20. The summed E-state index contributed by atoms with van der Waals surface area (Å²) in [5.74, 6) is 0.373. The topological polar surface area (TPSA) is 69.2 Å². The fraction of sp³-hybridized carbons (Fsp3) is 0.500. The van der Waals surface area contributed by atoms with Gasteiger partial charge >= 0.3 is 5.97 Å². The van der Waals surface area contributed by atoms with Crippen molar-refractivity contribution in [1.29, 1.82) is 0 Å². The average Bonchev–Trinajstić information content (AvgIpc) is 2.54. The summed E-state index contributed by atoms with van der Waals surface area (Å²) in [6.45, 7) is 7.77. The summed E-state index contributed by atoms with van der Waals surface area (Å²) in [5, 5.41) is 3.46. The molecule has 0 aliphatic carbocycles. The lowest BCUT2D eigenvalue weighted by Gasteiger charge is -2.31. The smallest absolute Gasteiger partial charge is 0.317 e. The predicted octanol–water partition coefficient (Wildman–Crippen LogP) is 3.05. The van der Waals surface area contributed by atoms with Crippen LogP contribution in [-0.2, 0) is 9.53 Å². The maximum Gasteiger partial charge on any atom is 0.317 e. The highest BCUT2D eigenvalue weighted by Gasteiger charge is 2.37. The second-order valence-electron chi connectivity index (χ2n) is 5.99. The fourth-order valence-corrected chi connectivity index (χ4v) is 3.03. The Morgan fingerprint density at radius 3 is 2.68 bits per heavy atom. The van der Waals surface area contributed by atoms with Crippen molar-refractivity contribution in [3.63, 3.8) is 0 Å². The molecule has 0 spiro atoms. The van der Waals surface area contributed by atoms with Crippen molar-refractivity contribution in [2.24, 2.45) is 10.9 Å². The largest absolute Gasteiger partial charge is 0.493 e. The third kappa shape index (κ3) is 4.48. The molecule has 1 heterocycles. The highest BCUT2D eigenvalue weighted by atomic mass is 32.1. The van der Waals surface area contributed by atoms with Gasteiger partial charge in [0.05, 0.1) is 25.9 Å². The molecular weight excluding hydrogens is 340 g/mol. The van der Waals surface area contributed by atoms with Crippen LogP contribution in [0.4, 0.5) is 0 Å². The number of hydrogen-bond acceptors (Lipinski definition) is 5. The molecule has 0 fully saturated rings. The van der Waals surface area contributed by atoms with E-state index in [1.807, 2.05) is 32.0 Å². The Morgan fingerprint density at radius 1 is 1.36 bits per heavy atom. The number of carbonyl (C=O) groups excluding carboxylic acids is 1. The molecule has 0 bridgehead atoms. The summed E-state index contributed by atoms with van der Waals surface area (Å²) in [5.41, 5.74) is 1.48. The second-order valence-corrected chi connectivity index (χ2v) is 6.37. The standard InChI is InChI=1S/C18H24N2O4S/c1-6-23-17(21)15-11(4)19-18(25)20-16(15)12-7-8-13(24-10(2)3)14(9-12)22-5/h7-10,15-16H,6H2,1-5H3,(H,20,25). The molecule has 1 aliphatic heterocycles. The Labute approximate surface area is 153 Å². The van der Waals surface area contributed by atoms with Crippen molar-refractivity contribution in [1.82, 2.24) is 5.32 Å². The minimum absolute atomic E-state index is 0.0294. The van der Waals surface area contributed by atoms with Crippen LogP contribution >= 0.6 is 12.2 Å². The molecule has 2 atom stereocenters. The maximum atomic E-state index is 12.4. The minimum atomic E-state index is -0.548. The van der Waals surface area contributed by atoms with Gasteiger partial charge in [-0.25, -0.2) is 4.99 Å². The quantitative estimate of drug-likeness (QED) is 0.618. The number of thiocarbonyl (C=S) groups is 1. The molecule has 0 radical (unpaired) electrons. The monoisotopic (exact) mass is 364 g/mol. The highest BCUT2D eigenvalue weighted by Crippen LogP contribution is 2.35. The third-order valence-corrected chi connectivity index (χ3v) is 4.00. The Balaban J connectivity index is 2.41. The molecule has 0 saturated heterocycles. The first kappa shape index (κ1) is 19.2. The molecule has 1 N–H and O–H groups in total. The average molecular weight is 364 g/mol. The summed E-state index contributed by atoms with van der Waals surface area (Å²) < 4.78 is 16.4. The van der Waals surface area contributed by atoms with E-state index in [1.165, 1.54) is 0 Å². The van der Waals surface area contributed by atoms with Crippen LogP contribution in [0, 0.1) is 5.92 Å². The molecule has 0 amide bonds. The highest BCUT2D eigenvalue weighted by molar-refractivity contribution is 7.80. The number of rotatable bonds is 6. The van der Waals surface area contributed by atoms with Crippen molar-refractivity contribution < 1.29 is 19.0 Å². The molecule has 2 unspecified atom stereocenters. The number of hydrogen-bond donors (Lipinski definition) is 1. The molecule has 25 heavy (non-hydrogen) atoms. The number of nitrogens with zero attached hydrogens (tertiary/aromatic N) is 1. The maximum absolute atomic E-state index is 12.4. The van der Waals surface area contributed by atoms with Gasteiger partial charge in [0.1, 0.15) is 5.92 Å². The van der Waals surface area contributed by atoms with Gasteiger partial charge in [-0.05, 0) is 57.6 Å². The van der Waals surface area contributed by atoms with Crippen molar-refractivity contribution in [2.45, 2.75) is 39.8 Å². The van der Waals surface area contributed by atoms with Crippen LogP contribution in [-0.4, -0.2) is 36.6 Å². The molecule has 136 valence electrons. The number of benzene rings is 1. The van der Waals surface area contributed by atoms with Gasteiger partial charge in [-0.1, -0.05) is 6.07 Å². The van der Waals surface area contributed by atoms with Gasteiger partial charge in [-0.15, -0.1) is 0 Å². The van der Waals surface area contributed by atoms with E-state index in [9.17, 15) is 4.79 Å². The zero-order chi connectivity index (χ0) is 18.6. The number of ether oxygens (including phenoxy) is 3. The number of nitrogens with one attached hydrogen (secondary N) is 1. The lowest BCUT2D eigenvalue weighted by atomic mass is 9.88. The van der Waals surface area contributed by atoms with E-state index in [2.05, 4.69) is 10.3 Å². The summed E-state index contributed by atoms with van der Waals surface area (Å²) in [6, 6.07) is 5.21. The lowest BCUT2D eigenvalue weighted by molar-refractivity contribution is -0.146. The Bertz CT molecular complexity index is 688. The van der Waals surface area contributed by atoms with Crippen molar-refractivity contribution in [3.8, 4) is 11.5 Å². The number of aliphatic imine (C=N–C) groups is 1. The first-order valence-corrected chi connectivity index (χ1v) is 8.65. The Kier molecular flexibility index (Phi) is 6.36. The molecule has 7 heteroatoms. The SMILES string of the molecule is CCOC(=O)C1C(C)=NC(=S)NC1c1ccc(OC(C)C)c(OC)c1. The van der Waals surface area contributed by atoms with Gasteiger partial charge < -0.3 is 19.5 Å². The third-order valence-electron chi connectivity index (χ3n) is 3.79. The van der Waals surface area contributed by atoms with E-state index in [1.54, 1.807) is 21.0 Å². The van der Waals surface area contributed by atoms with Gasteiger partial charge in [-0.2, -0.15) is 0 Å². The summed E-state index contributed by atoms with van der Waals surface area (Å²) in [4.78, 5) is 16.6. The fourth-order valence-electron chi connectivity index (χ4n) is 2.76. The second kappa shape index (κ2) is 8.29. The van der Waals surface area contributed by atoms with Crippen molar-refractivity contribution >= 4 is 29.0 Å². The van der Waals surface area contributed by atoms with Crippen LogP contribution in [0.2, 0.25) is 0 Å². The number of methoxy groups -OCH3 is 1. The zero-order valence-corrected chi connectivity index (χ0v) is 16.0. The van der Waals surface area contributed by atoms with Gasteiger partial charge in [0, 0.05) is 5.71 Å². The lowest BCUT2D eigenvalue weighted by Crippen LogP contribution is -2.44. The van der Waals surface area contributed by atoms with Crippen LogP contribution in [0.15, 0.2) is 23.2 Å². The molecule has 6 nitrogen and oxygen atoms in total. The summed E-state index contributed by atoms with van der Waals surface area (Å²) in [7, 11) is 1.58. The van der Waals surface area contributed by atoms with Gasteiger partial charge in [0.25, 0.3) is 0 Å². The normalized spacial score (nSPS) is 19.9. The van der Waals surface area contributed by atoms with Crippen molar-refractivity contribution in [2.75, 3.05) is 13.7 Å². The van der Waals surface area contributed by atoms with Gasteiger partial charge in [0.2, 0.25) is 0 Å². The van der Waals surface area contributed by atoms with E-state index in [-0.39, 0.29) is 18.1 Å². The molecular formula is C18H24N2O4S. The van der Waals surface area contributed by atoms with E-state index >= 15 is 0 Å². The van der Waals surface area contributed by atoms with Crippen LogP contribution < -0.4 is 14.8 Å². The van der Waals surface area contributed by atoms with Crippen LogP contribution in [0.3, 0.4) is 0 Å². The van der Waals surface area contributed by atoms with Crippen molar-refractivity contribution in [3.05, 3.63) is 23.8 Å². The molecule has 1 aromatic rings. The Hall–Kier alpha value is -2.15. The predicted molar refractivity (Wildman–Crippen MR) is 100 cm³/mol. The Morgan fingerprint density at radius 2 is 2.08 bits per heavy atom. The van der Waals surface area contributed by atoms with E-state index in [4.69, 9.17) is 26.4 Å². The zero-order valence-electron chi connectivity index (χ0n) is 15.2. The molecule has 1 aliphatic rings.